The largest absolute Gasteiger partial charge is 0.309 e. The monoisotopic (exact) mass is 738 g/mol. The molecule has 11 aromatic rings. The van der Waals surface area contributed by atoms with Crippen LogP contribution in [0.4, 0.5) is 0 Å². The van der Waals surface area contributed by atoms with Gasteiger partial charge in [0.2, 0.25) is 0 Å². The molecule has 0 aliphatic carbocycles. The summed E-state index contributed by atoms with van der Waals surface area (Å²) >= 11 is 0. The van der Waals surface area contributed by atoms with Crippen molar-refractivity contribution in [1.29, 1.82) is 5.26 Å². The highest BCUT2D eigenvalue weighted by Crippen LogP contribution is 2.39. The minimum Gasteiger partial charge on any atom is -0.309 e. The van der Waals surface area contributed by atoms with E-state index in [0.717, 1.165) is 77.9 Å². The quantitative estimate of drug-likeness (QED) is 0.170. The van der Waals surface area contributed by atoms with Crippen molar-refractivity contribution in [3.8, 4) is 62.2 Å². The molecule has 0 amide bonds. The van der Waals surface area contributed by atoms with Gasteiger partial charge in [-0.25, -0.2) is 4.98 Å². The van der Waals surface area contributed by atoms with Gasteiger partial charge in [-0.2, -0.15) is 5.26 Å². The van der Waals surface area contributed by atoms with Crippen LogP contribution in [0.2, 0.25) is 0 Å². The topological polar surface area (TPSA) is 46.5 Å². The summed E-state index contributed by atoms with van der Waals surface area (Å²) in [4.78, 5) is 5.08. The number of aromatic nitrogens is 3. The molecule has 0 radical (unpaired) electrons. The van der Waals surface area contributed by atoms with E-state index in [2.05, 4.69) is 197 Å². The van der Waals surface area contributed by atoms with Gasteiger partial charge < -0.3 is 4.57 Å². The highest BCUT2D eigenvalue weighted by Gasteiger charge is 2.17. The van der Waals surface area contributed by atoms with E-state index in [-0.39, 0.29) is 0 Å². The first-order valence-electron chi connectivity index (χ1n) is 19.5. The van der Waals surface area contributed by atoms with E-state index in [9.17, 15) is 5.26 Å². The van der Waals surface area contributed by atoms with Crippen molar-refractivity contribution in [2.75, 3.05) is 0 Å². The average molecular weight is 739 g/mol. The van der Waals surface area contributed by atoms with Crippen LogP contribution in [-0.2, 0) is 0 Å². The average Bonchev–Trinajstić information content (AvgIpc) is 3.85. The van der Waals surface area contributed by atoms with E-state index in [1.54, 1.807) is 0 Å². The lowest BCUT2D eigenvalue weighted by atomic mass is 9.90. The van der Waals surface area contributed by atoms with Gasteiger partial charge in [-0.1, -0.05) is 140 Å². The van der Waals surface area contributed by atoms with E-state index >= 15 is 0 Å². The molecule has 0 atom stereocenters. The summed E-state index contributed by atoms with van der Waals surface area (Å²) in [6, 6.07) is 74.9. The lowest BCUT2D eigenvalue weighted by molar-refractivity contribution is 1.10. The molecular weight excluding hydrogens is 705 g/mol. The molecule has 4 heteroatoms. The van der Waals surface area contributed by atoms with E-state index in [1.807, 2.05) is 24.3 Å². The second kappa shape index (κ2) is 13.6. The Morgan fingerprint density at radius 2 is 0.862 bits per heavy atom. The molecule has 0 N–H and O–H groups in total. The standard InChI is InChI=1S/C54H34N4/c55-35-36-32-40(37-26-28-43(29-27-37)57-51-19-9-6-16-48(51)49-17-7-10-20-52(49)57)34-41(33-36)45-31-30-44(46-14-4-5-15-47(45)46)38-22-24-39(25-23-38)54-56-50-18-8-11-21-53(50)58(54)42-12-2-1-3-13-42/h1-34H. The summed E-state index contributed by atoms with van der Waals surface area (Å²) in [6.07, 6.45) is 0. The number of rotatable bonds is 6. The molecule has 0 unspecified atom stereocenters. The Morgan fingerprint density at radius 1 is 0.362 bits per heavy atom. The number of nitriles is 1. The van der Waals surface area contributed by atoms with Crippen molar-refractivity contribution in [3.05, 3.63) is 212 Å². The third-order valence-electron chi connectivity index (χ3n) is 11.4. The third kappa shape index (κ3) is 5.49. The molecule has 0 bridgehead atoms. The Balaban J connectivity index is 0.962. The molecule has 2 heterocycles. The van der Waals surface area contributed by atoms with E-state index in [4.69, 9.17) is 4.98 Å². The summed E-state index contributed by atoms with van der Waals surface area (Å²) < 4.78 is 4.56. The number of hydrogen-bond donors (Lipinski definition) is 0. The molecule has 58 heavy (non-hydrogen) atoms. The van der Waals surface area contributed by atoms with Crippen LogP contribution in [0.1, 0.15) is 5.56 Å². The Morgan fingerprint density at radius 3 is 1.52 bits per heavy atom. The lowest BCUT2D eigenvalue weighted by Crippen LogP contribution is -1.97. The van der Waals surface area contributed by atoms with Crippen molar-refractivity contribution >= 4 is 43.6 Å². The normalized spacial score (nSPS) is 11.4. The van der Waals surface area contributed by atoms with Crippen LogP contribution in [0.15, 0.2) is 206 Å². The van der Waals surface area contributed by atoms with E-state index in [0.29, 0.717) is 5.56 Å². The Kier molecular flexibility index (Phi) is 7.84. The van der Waals surface area contributed by atoms with Gasteiger partial charge in [0, 0.05) is 27.7 Å². The van der Waals surface area contributed by atoms with E-state index < -0.39 is 0 Å². The van der Waals surface area contributed by atoms with Gasteiger partial charge in [-0.05, 0) is 111 Å². The Bertz CT molecular complexity index is 3330. The van der Waals surface area contributed by atoms with Crippen LogP contribution in [0.5, 0.6) is 0 Å². The first-order chi connectivity index (χ1) is 28.7. The highest BCUT2D eigenvalue weighted by atomic mass is 15.1. The minimum absolute atomic E-state index is 0.629. The van der Waals surface area contributed by atoms with Crippen molar-refractivity contribution in [2.45, 2.75) is 0 Å². The van der Waals surface area contributed by atoms with Crippen LogP contribution < -0.4 is 0 Å². The van der Waals surface area contributed by atoms with Gasteiger partial charge in [0.05, 0.1) is 33.7 Å². The first kappa shape index (κ1) is 33.3. The SMILES string of the molecule is N#Cc1cc(-c2ccc(-n3c4ccccc4c4ccccc43)cc2)cc(-c2ccc(-c3ccc(-c4nc5ccccc5n4-c4ccccc4)cc3)c3ccccc23)c1. The third-order valence-corrected chi connectivity index (χ3v) is 11.4. The Hall–Kier alpha value is -8.00. The molecule has 0 saturated carbocycles. The molecule has 0 fully saturated rings. The minimum atomic E-state index is 0.629. The fourth-order valence-corrected chi connectivity index (χ4v) is 8.68. The first-order valence-corrected chi connectivity index (χ1v) is 19.5. The maximum atomic E-state index is 10.2. The maximum absolute atomic E-state index is 10.2. The molecule has 2 aromatic heterocycles. The summed E-state index contributed by atoms with van der Waals surface area (Å²) in [5.74, 6) is 0.911. The van der Waals surface area contributed by atoms with Gasteiger partial charge in [-0.15, -0.1) is 0 Å². The maximum Gasteiger partial charge on any atom is 0.145 e. The molecule has 0 saturated heterocycles. The molecule has 9 aromatic carbocycles. The van der Waals surface area contributed by atoms with Gasteiger partial charge in [0.1, 0.15) is 5.82 Å². The van der Waals surface area contributed by atoms with Gasteiger partial charge in [-0.3, -0.25) is 4.57 Å². The van der Waals surface area contributed by atoms with Crippen LogP contribution >= 0.6 is 0 Å². The molecule has 4 nitrogen and oxygen atoms in total. The molecular formula is C54H34N4. The van der Waals surface area contributed by atoms with Crippen molar-refractivity contribution in [3.63, 3.8) is 0 Å². The van der Waals surface area contributed by atoms with Gasteiger partial charge in [0.15, 0.2) is 0 Å². The number of fused-ring (bicyclic) bond motifs is 5. The zero-order valence-corrected chi connectivity index (χ0v) is 31.4. The number of para-hydroxylation sites is 5. The van der Waals surface area contributed by atoms with Crippen LogP contribution in [0.25, 0.3) is 99.8 Å². The zero-order chi connectivity index (χ0) is 38.6. The van der Waals surface area contributed by atoms with Gasteiger partial charge in [0.25, 0.3) is 0 Å². The molecule has 270 valence electrons. The predicted octanol–water partition coefficient (Wildman–Crippen LogP) is 13.8. The zero-order valence-electron chi connectivity index (χ0n) is 31.4. The van der Waals surface area contributed by atoms with E-state index in [1.165, 1.54) is 21.8 Å². The fourth-order valence-electron chi connectivity index (χ4n) is 8.68. The van der Waals surface area contributed by atoms with Crippen molar-refractivity contribution in [2.24, 2.45) is 0 Å². The van der Waals surface area contributed by atoms with Crippen LogP contribution in [0.3, 0.4) is 0 Å². The summed E-state index contributed by atoms with van der Waals surface area (Å²) in [7, 11) is 0. The summed E-state index contributed by atoms with van der Waals surface area (Å²) in [6.45, 7) is 0. The fraction of sp³-hybridized carbons (Fsp3) is 0. The van der Waals surface area contributed by atoms with Gasteiger partial charge >= 0.3 is 0 Å². The number of benzene rings is 9. The second-order valence-electron chi connectivity index (χ2n) is 14.7. The van der Waals surface area contributed by atoms with Crippen molar-refractivity contribution < 1.29 is 0 Å². The van der Waals surface area contributed by atoms with Crippen LogP contribution in [0, 0.1) is 11.3 Å². The number of hydrogen-bond acceptors (Lipinski definition) is 2. The Labute approximate surface area is 335 Å². The number of imidazole rings is 1. The van der Waals surface area contributed by atoms with Crippen LogP contribution in [-0.4, -0.2) is 14.1 Å². The molecule has 0 spiro atoms. The highest BCUT2D eigenvalue weighted by molar-refractivity contribution is 6.09. The molecule has 11 rings (SSSR count). The predicted molar refractivity (Wildman–Crippen MR) is 239 cm³/mol. The summed E-state index contributed by atoms with van der Waals surface area (Å²) in [5, 5.41) is 15.0. The molecule has 0 aliphatic heterocycles. The molecule has 0 aliphatic rings. The van der Waals surface area contributed by atoms with Crippen molar-refractivity contribution in [1.82, 2.24) is 14.1 Å². The second-order valence-corrected chi connectivity index (χ2v) is 14.7. The smallest absolute Gasteiger partial charge is 0.145 e. The lowest BCUT2D eigenvalue weighted by Gasteiger charge is -2.15. The summed E-state index contributed by atoms with van der Waals surface area (Å²) in [5.41, 5.74) is 14.7. The number of nitrogens with zero attached hydrogens (tertiary/aromatic N) is 4.